The van der Waals surface area contributed by atoms with Crippen molar-refractivity contribution in [1.82, 2.24) is 4.90 Å². The van der Waals surface area contributed by atoms with Gasteiger partial charge in [-0.2, -0.15) is 0 Å². The van der Waals surface area contributed by atoms with Gasteiger partial charge in [0.1, 0.15) is 5.56 Å². The van der Waals surface area contributed by atoms with Crippen LogP contribution in [0.5, 0.6) is 0 Å². The van der Waals surface area contributed by atoms with Gasteiger partial charge in [0.2, 0.25) is 0 Å². The molecule has 1 amide bonds. The van der Waals surface area contributed by atoms with Gasteiger partial charge in [0, 0.05) is 12.1 Å². The maximum Gasteiger partial charge on any atom is 0.328 e. The highest BCUT2D eigenvalue weighted by atomic mass is 16.6. The molecular formula is C13H14N2O6. The third-order valence-electron chi connectivity index (χ3n) is 3.33. The zero-order chi connectivity index (χ0) is 15.6. The lowest BCUT2D eigenvalue weighted by atomic mass is 10.1. The molecule has 2 rings (SSSR count). The molecule has 1 aliphatic rings. The smallest absolute Gasteiger partial charge is 0.328 e. The van der Waals surface area contributed by atoms with Crippen molar-refractivity contribution in [3.8, 4) is 0 Å². The third-order valence-corrected chi connectivity index (χ3v) is 3.33. The Morgan fingerprint density at radius 1 is 1.48 bits per heavy atom. The van der Waals surface area contributed by atoms with Crippen LogP contribution in [0.3, 0.4) is 0 Å². The van der Waals surface area contributed by atoms with E-state index >= 15 is 0 Å². The Morgan fingerprint density at radius 2 is 2.19 bits per heavy atom. The van der Waals surface area contributed by atoms with E-state index in [0.29, 0.717) is 5.56 Å². The largest absolute Gasteiger partial charge is 0.480 e. The van der Waals surface area contributed by atoms with E-state index in [4.69, 9.17) is 9.84 Å². The number of hydrogen-bond donors (Lipinski definition) is 1. The van der Waals surface area contributed by atoms with Crippen molar-refractivity contribution in [2.24, 2.45) is 0 Å². The zero-order valence-electron chi connectivity index (χ0n) is 11.3. The highest BCUT2D eigenvalue weighted by Gasteiger charge is 2.36. The summed E-state index contributed by atoms with van der Waals surface area (Å²) in [7, 11) is 0. The van der Waals surface area contributed by atoms with Crippen LogP contribution < -0.4 is 0 Å². The van der Waals surface area contributed by atoms with Crippen molar-refractivity contribution < 1.29 is 24.4 Å². The fourth-order valence-electron chi connectivity index (χ4n) is 2.28. The number of nitro groups is 1. The number of ether oxygens (including phenoxy) is 1. The molecular weight excluding hydrogens is 280 g/mol. The molecule has 1 unspecified atom stereocenters. The van der Waals surface area contributed by atoms with E-state index in [2.05, 4.69) is 0 Å². The topological polar surface area (TPSA) is 110 Å². The number of amides is 1. The second-order valence-corrected chi connectivity index (χ2v) is 4.66. The van der Waals surface area contributed by atoms with Crippen LogP contribution in [0.15, 0.2) is 18.2 Å². The number of carboxylic acids is 1. The highest BCUT2D eigenvalue weighted by molar-refractivity contribution is 6.00. The minimum Gasteiger partial charge on any atom is -0.480 e. The normalized spacial score (nSPS) is 18.3. The average Bonchev–Trinajstić information content (AvgIpc) is 2.45. The molecule has 0 radical (unpaired) electrons. The zero-order valence-corrected chi connectivity index (χ0v) is 11.3. The molecule has 0 bridgehead atoms. The molecule has 1 aliphatic heterocycles. The first kappa shape index (κ1) is 14.9. The van der Waals surface area contributed by atoms with Crippen LogP contribution in [0, 0.1) is 17.0 Å². The summed E-state index contributed by atoms with van der Waals surface area (Å²) < 4.78 is 5.05. The van der Waals surface area contributed by atoms with Crippen molar-refractivity contribution in [3.63, 3.8) is 0 Å². The molecule has 0 aliphatic carbocycles. The molecule has 1 saturated heterocycles. The summed E-state index contributed by atoms with van der Waals surface area (Å²) >= 11 is 0. The number of aryl methyl sites for hydroxylation is 1. The van der Waals surface area contributed by atoms with Crippen LogP contribution in [-0.2, 0) is 9.53 Å². The molecule has 112 valence electrons. The van der Waals surface area contributed by atoms with Gasteiger partial charge in [-0.15, -0.1) is 0 Å². The van der Waals surface area contributed by atoms with Crippen LogP contribution in [0.2, 0.25) is 0 Å². The first-order valence-electron chi connectivity index (χ1n) is 6.29. The summed E-state index contributed by atoms with van der Waals surface area (Å²) in [6.45, 7) is 1.69. The Labute approximate surface area is 120 Å². The highest BCUT2D eigenvalue weighted by Crippen LogP contribution is 2.25. The van der Waals surface area contributed by atoms with E-state index in [1.165, 1.54) is 25.1 Å². The molecule has 1 heterocycles. The second-order valence-electron chi connectivity index (χ2n) is 4.66. The number of carbonyl (C=O) groups is 2. The number of carboxylic acid groups (broad SMARTS) is 1. The van der Waals surface area contributed by atoms with E-state index in [-0.39, 0.29) is 31.0 Å². The Kier molecular flexibility index (Phi) is 4.18. The summed E-state index contributed by atoms with van der Waals surface area (Å²) in [5.41, 5.74) is -0.0442. The Bertz CT molecular complexity index is 600. The van der Waals surface area contributed by atoms with Crippen LogP contribution in [0.1, 0.15) is 15.9 Å². The molecule has 8 heteroatoms. The lowest BCUT2D eigenvalue weighted by Gasteiger charge is -2.32. The molecule has 8 nitrogen and oxygen atoms in total. The quantitative estimate of drug-likeness (QED) is 0.653. The predicted molar refractivity (Wildman–Crippen MR) is 71.1 cm³/mol. The number of hydrogen-bond acceptors (Lipinski definition) is 5. The van der Waals surface area contributed by atoms with Gasteiger partial charge in [0.25, 0.3) is 11.6 Å². The van der Waals surface area contributed by atoms with Gasteiger partial charge in [0.15, 0.2) is 6.04 Å². The van der Waals surface area contributed by atoms with E-state index in [9.17, 15) is 19.7 Å². The molecule has 1 aromatic rings. The SMILES string of the molecule is Cc1cccc(C(=O)N2CCOCC2C(=O)O)c1[N+](=O)[O-]. The Morgan fingerprint density at radius 3 is 2.81 bits per heavy atom. The van der Waals surface area contributed by atoms with Gasteiger partial charge in [-0.3, -0.25) is 14.9 Å². The predicted octanol–water partition coefficient (Wildman–Crippen LogP) is 0.829. The summed E-state index contributed by atoms with van der Waals surface area (Å²) in [4.78, 5) is 35.3. The summed E-state index contributed by atoms with van der Waals surface area (Å²) in [5, 5.41) is 20.3. The number of nitro benzene ring substituents is 1. The molecule has 1 fully saturated rings. The van der Waals surface area contributed by atoms with Crippen molar-refractivity contribution in [3.05, 3.63) is 39.4 Å². The minimum absolute atomic E-state index is 0.0842. The maximum absolute atomic E-state index is 12.5. The first-order valence-corrected chi connectivity index (χ1v) is 6.29. The fraction of sp³-hybridized carbons (Fsp3) is 0.385. The van der Waals surface area contributed by atoms with Crippen LogP contribution in [0.25, 0.3) is 0 Å². The third kappa shape index (κ3) is 2.84. The summed E-state index contributed by atoms with van der Waals surface area (Å²) in [6.07, 6.45) is 0. The summed E-state index contributed by atoms with van der Waals surface area (Å²) in [6, 6.07) is 3.27. The van der Waals surface area contributed by atoms with E-state index in [1.807, 2.05) is 0 Å². The van der Waals surface area contributed by atoms with Crippen molar-refractivity contribution in [2.75, 3.05) is 19.8 Å². The first-order chi connectivity index (χ1) is 9.93. The molecule has 1 N–H and O–H groups in total. The van der Waals surface area contributed by atoms with Crippen molar-refractivity contribution in [2.45, 2.75) is 13.0 Å². The molecule has 0 spiro atoms. The number of benzene rings is 1. The molecule has 0 aromatic heterocycles. The Balaban J connectivity index is 2.42. The van der Waals surface area contributed by atoms with Gasteiger partial charge in [-0.1, -0.05) is 12.1 Å². The number of nitrogens with zero attached hydrogens (tertiary/aromatic N) is 2. The molecule has 1 atom stereocenters. The van der Waals surface area contributed by atoms with Crippen LogP contribution >= 0.6 is 0 Å². The maximum atomic E-state index is 12.5. The van der Waals surface area contributed by atoms with Crippen molar-refractivity contribution >= 4 is 17.6 Å². The van der Waals surface area contributed by atoms with Crippen molar-refractivity contribution in [1.29, 1.82) is 0 Å². The average molecular weight is 294 g/mol. The van der Waals surface area contributed by atoms with E-state index in [1.54, 1.807) is 0 Å². The number of aliphatic carboxylic acids is 1. The lowest BCUT2D eigenvalue weighted by Crippen LogP contribution is -2.52. The molecule has 1 aromatic carbocycles. The van der Waals surface area contributed by atoms with E-state index in [0.717, 1.165) is 4.90 Å². The van der Waals surface area contributed by atoms with Gasteiger partial charge >= 0.3 is 5.97 Å². The lowest BCUT2D eigenvalue weighted by molar-refractivity contribution is -0.385. The van der Waals surface area contributed by atoms with Gasteiger partial charge in [-0.05, 0) is 13.0 Å². The number of carbonyl (C=O) groups excluding carboxylic acids is 1. The summed E-state index contributed by atoms with van der Waals surface area (Å²) in [5.74, 6) is -1.86. The second kappa shape index (κ2) is 5.88. The number of para-hydroxylation sites is 1. The number of morpholine rings is 1. The molecule has 0 saturated carbocycles. The van der Waals surface area contributed by atoms with Gasteiger partial charge in [-0.25, -0.2) is 4.79 Å². The Hall–Kier alpha value is -2.48. The van der Waals surface area contributed by atoms with E-state index < -0.39 is 22.8 Å². The fourth-order valence-corrected chi connectivity index (χ4v) is 2.28. The minimum atomic E-state index is -1.20. The monoisotopic (exact) mass is 294 g/mol. The molecule has 21 heavy (non-hydrogen) atoms. The van der Waals surface area contributed by atoms with Gasteiger partial charge < -0.3 is 14.7 Å². The van der Waals surface area contributed by atoms with Crippen LogP contribution in [-0.4, -0.2) is 52.6 Å². The van der Waals surface area contributed by atoms with Gasteiger partial charge in [0.05, 0.1) is 18.1 Å². The number of rotatable bonds is 3. The van der Waals surface area contributed by atoms with Crippen LogP contribution in [0.4, 0.5) is 5.69 Å². The standard InChI is InChI=1S/C13H14N2O6/c1-8-3-2-4-9(11(8)15(19)20)12(16)14-5-6-21-7-10(14)13(17)18/h2-4,10H,5-7H2,1H3,(H,17,18).